The van der Waals surface area contributed by atoms with Gasteiger partial charge in [0.2, 0.25) is 0 Å². The van der Waals surface area contributed by atoms with E-state index in [0.717, 1.165) is 16.8 Å². The molecular weight excluding hydrogens is 444 g/mol. The molecule has 0 fully saturated rings. The fourth-order valence-electron chi connectivity index (χ4n) is 3.53. The lowest BCUT2D eigenvalue weighted by Crippen LogP contribution is -2.31. The summed E-state index contributed by atoms with van der Waals surface area (Å²) in [6.07, 6.45) is 0. The molecule has 1 atom stereocenters. The summed E-state index contributed by atoms with van der Waals surface area (Å²) in [5.74, 6) is -0.125. The van der Waals surface area contributed by atoms with Gasteiger partial charge >= 0.3 is 0 Å². The molecule has 0 saturated heterocycles. The highest BCUT2D eigenvalue weighted by atomic mass is 35.5. The molecule has 32 heavy (non-hydrogen) atoms. The number of halogens is 1. The van der Waals surface area contributed by atoms with Crippen LogP contribution < -0.4 is 0 Å². The number of amidine groups is 1. The second-order valence-electron chi connectivity index (χ2n) is 7.37. The first kappa shape index (κ1) is 21.9. The van der Waals surface area contributed by atoms with Crippen LogP contribution in [0.5, 0.6) is 0 Å². The molecule has 4 rings (SSSR count). The van der Waals surface area contributed by atoms with E-state index >= 15 is 0 Å². The zero-order chi connectivity index (χ0) is 22.7. The van der Waals surface area contributed by atoms with Gasteiger partial charge in [-0.2, -0.15) is 13.5 Å². The lowest BCUT2D eigenvalue weighted by atomic mass is 9.90. The molecule has 0 spiro atoms. The van der Waals surface area contributed by atoms with Crippen molar-refractivity contribution in [1.82, 2.24) is 5.01 Å². The summed E-state index contributed by atoms with van der Waals surface area (Å²) in [6.45, 7) is 1.87. The normalized spacial score (nSPS) is 16.7. The number of nitrogens with one attached hydrogen (secondary N) is 1. The van der Waals surface area contributed by atoms with Gasteiger partial charge in [0.25, 0.3) is 10.0 Å². The fraction of sp³-hybridized carbons (Fsp3) is 0.125. The highest BCUT2D eigenvalue weighted by Gasteiger charge is 2.33. The van der Waals surface area contributed by atoms with Crippen LogP contribution >= 0.6 is 11.6 Å². The van der Waals surface area contributed by atoms with E-state index in [1.165, 1.54) is 24.1 Å². The molecule has 6 nitrogen and oxygen atoms in total. The van der Waals surface area contributed by atoms with E-state index in [1.807, 2.05) is 42.5 Å². The van der Waals surface area contributed by atoms with Crippen molar-refractivity contribution in [3.63, 3.8) is 0 Å². The number of hydrogen-bond acceptors (Lipinski definition) is 4. The van der Waals surface area contributed by atoms with Crippen molar-refractivity contribution in [2.45, 2.75) is 17.7 Å². The molecule has 1 unspecified atom stereocenters. The second kappa shape index (κ2) is 9.06. The maximum atomic E-state index is 12.9. The molecule has 1 aliphatic heterocycles. The predicted molar refractivity (Wildman–Crippen MR) is 128 cm³/mol. The topological polar surface area (TPSA) is 85.9 Å². The molecule has 0 amide bonds. The van der Waals surface area contributed by atoms with E-state index in [-0.39, 0.29) is 22.4 Å². The largest absolute Gasteiger partial charge is 0.302 e. The van der Waals surface area contributed by atoms with Gasteiger partial charge in [0.15, 0.2) is 5.84 Å². The van der Waals surface area contributed by atoms with E-state index in [9.17, 15) is 8.42 Å². The van der Waals surface area contributed by atoms with Gasteiger partial charge in [-0.05, 0) is 42.3 Å². The van der Waals surface area contributed by atoms with Crippen molar-refractivity contribution in [1.29, 1.82) is 5.41 Å². The molecule has 0 bridgehead atoms. The van der Waals surface area contributed by atoms with Crippen molar-refractivity contribution in [2.75, 3.05) is 6.54 Å². The van der Waals surface area contributed by atoms with Gasteiger partial charge < -0.3 is 5.41 Å². The van der Waals surface area contributed by atoms with E-state index in [0.29, 0.717) is 11.6 Å². The molecule has 8 heteroatoms. The average molecular weight is 465 g/mol. The Morgan fingerprint density at radius 3 is 2.19 bits per heavy atom. The zero-order valence-corrected chi connectivity index (χ0v) is 18.9. The first-order valence-electron chi connectivity index (χ1n) is 9.97. The number of hydrogen-bond donors (Lipinski definition) is 1. The summed E-state index contributed by atoms with van der Waals surface area (Å²) in [4.78, 5) is 0.0689. The van der Waals surface area contributed by atoms with E-state index in [4.69, 9.17) is 22.1 Å². The number of hydrazone groups is 1. The summed E-state index contributed by atoms with van der Waals surface area (Å²) in [7, 11) is -3.99. The van der Waals surface area contributed by atoms with Crippen molar-refractivity contribution in [3.05, 3.63) is 101 Å². The minimum Gasteiger partial charge on any atom is -0.302 e. The Morgan fingerprint density at radius 1 is 1.00 bits per heavy atom. The maximum absolute atomic E-state index is 12.9. The molecule has 3 aromatic carbocycles. The minimum absolute atomic E-state index is 0.00116. The Kier molecular flexibility index (Phi) is 6.21. The number of nitrogens with zero attached hydrogens (tertiary/aromatic N) is 3. The average Bonchev–Trinajstić information content (AvgIpc) is 3.24. The molecule has 0 aromatic heterocycles. The van der Waals surface area contributed by atoms with Gasteiger partial charge in [0, 0.05) is 10.9 Å². The Labute approximate surface area is 192 Å². The highest BCUT2D eigenvalue weighted by Crippen LogP contribution is 2.30. The molecule has 0 aliphatic carbocycles. The number of sulfonamides is 1. The zero-order valence-electron chi connectivity index (χ0n) is 17.3. The predicted octanol–water partition coefficient (Wildman–Crippen LogP) is 4.97. The Morgan fingerprint density at radius 2 is 1.59 bits per heavy atom. The van der Waals surface area contributed by atoms with Crippen LogP contribution in [0.2, 0.25) is 5.02 Å². The minimum atomic E-state index is -3.99. The SMILES string of the molecule is CC(=N)/C(=N\S(=O)(=O)c1ccccc1)N1CC(c2ccccc2)C(c2ccc(Cl)cc2)=N1. The van der Waals surface area contributed by atoms with E-state index < -0.39 is 10.0 Å². The van der Waals surface area contributed by atoms with Crippen LogP contribution in [-0.2, 0) is 10.0 Å². The molecule has 1 N–H and O–H groups in total. The standard InChI is InChI=1S/C24H21ClN4O2S/c1-17(26)24(28-32(30,31)21-10-6-3-7-11-21)29-16-22(18-8-4-2-5-9-18)23(27-29)19-12-14-20(25)15-13-19/h2-15,22,26H,16H2,1H3/b26-17?,28-24+. The highest BCUT2D eigenvalue weighted by molar-refractivity contribution is 7.90. The Balaban J connectivity index is 1.79. The molecule has 1 aliphatic rings. The summed E-state index contributed by atoms with van der Waals surface area (Å²) >= 11 is 6.06. The number of rotatable bonds is 5. The van der Waals surface area contributed by atoms with Gasteiger partial charge in [-0.1, -0.05) is 72.3 Å². The Bertz CT molecular complexity index is 1290. The van der Waals surface area contributed by atoms with E-state index in [1.54, 1.807) is 30.3 Å². The quantitative estimate of drug-likeness (QED) is 0.427. The molecular formula is C24H21ClN4O2S. The molecule has 162 valence electrons. The van der Waals surface area contributed by atoms with Crippen LogP contribution in [0.4, 0.5) is 0 Å². The van der Waals surface area contributed by atoms with Gasteiger partial charge in [0.05, 0.1) is 22.9 Å². The van der Waals surface area contributed by atoms with Gasteiger partial charge in [-0.25, -0.2) is 5.01 Å². The lowest BCUT2D eigenvalue weighted by Gasteiger charge is -2.18. The van der Waals surface area contributed by atoms with Crippen LogP contribution in [0, 0.1) is 5.41 Å². The van der Waals surface area contributed by atoms with Crippen molar-refractivity contribution < 1.29 is 8.42 Å². The Hall–Kier alpha value is -3.29. The summed E-state index contributed by atoms with van der Waals surface area (Å²) in [5, 5.41) is 15.0. The third-order valence-electron chi connectivity index (χ3n) is 5.08. The smallest absolute Gasteiger partial charge is 0.284 e. The summed E-state index contributed by atoms with van der Waals surface area (Å²) in [5.41, 5.74) is 2.69. The third kappa shape index (κ3) is 4.64. The van der Waals surface area contributed by atoms with Crippen molar-refractivity contribution >= 4 is 38.9 Å². The first-order valence-corrected chi connectivity index (χ1v) is 11.8. The summed E-state index contributed by atoms with van der Waals surface area (Å²) in [6, 6.07) is 25.2. The van der Waals surface area contributed by atoms with Gasteiger partial charge in [-0.15, -0.1) is 4.40 Å². The monoisotopic (exact) mass is 464 g/mol. The van der Waals surface area contributed by atoms with Gasteiger partial charge in [0.1, 0.15) is 0 Å². The van der Waals surface area contributed by atoms with E-state index in [2.05, 4.69) is 4.40 Å². The molecule has 1 heterocycles. The molecule has 0 radical (unpaired) electrons. The summed E-state index contributed by atoms with van der Waals surface area (Å²) < 4.78 is 29.7. The second-order valence-corrected chi connectivity index (χ2v) is 9.41. The first-order chi connectivity index (χ1) is 15.3. The van der Waals surface area contributed by atoms with Crippen LogP contribution in [0.15, 0.2) is 99.3 Å². The third-order valence-corrected chi connectivity index (χ3v) is 6.62. The van der Waals surface area contributed by atoms with Crippen molar-refractivity contribution in [3.8, 4) is 0 Å². The van der Waals surface area contributed by atoms with Crippen LogP contribution in [-0.4, -0.2) is 37.2 Å². The van der Waals surface area contributed by atoms with Crippen LogP contribution in [0.25, 0.3) is 0 Å². The van der Waals surface area contributed by atoms with Crippen LogP contribution in [0.1, 0.15) is 24.0 Å². The fourth-order valence-corrected chi connectivity index (χ4v) is 4.72. The lowest BCUT2D eigenvalue weighted by molar-refractivity contribution is 0.480. The molecule has 0 saturated carbocycles. The van der Waals surface area contributed by atoms with Gasteiger partial charge in [-0.3, -0.25) is 0 Å². The molecule has 3 aromatic rings. The maximum Gasteiger partial charge on any atom is 0.284 e. The van der Waals surface area contributed by atoms with Crippen LogP contribution in [0.3, 0.4) is 0 Å². The number of benzene rings is 3. The van der Waals surface area contributed by atoms with Crippen molar-refractivity contribution in [2.24, 2.45) is 9.50 Å².